The number of hydrogen-bond donors (Lipinski definition) is 3. The van der Waals surface area contributed by atoms with E-state index in [9.17, 15) is 15.0 Å². The summed E-state index contributed by atoms with van der Waals surface area (Å²) in [5, 5.41) is 22.5. The number of rotatable bonds is 3. The third-order valence-corrected chi connectivity index (χ3v) is 6.31. The molecule has 3 aliphatic heterocycles. The molecule has 0 spiro atoms. The van der Waals surface area contributed by atoms with Crippen LogP contribution in [0.2, 0.25) is 0 Å². The molecule has 3 heterocycles. The van der Waals surface area contributed by atoms with Crippen molar-refractivity contribution in [2.24, 2.45) is 0 Å². The largest absolute Gasteiger partial charge is 0.389 e. The standard InChI is InChI=1S/C14H17NO4S2/c1-7(16)15-8-2-4-9(5-3-8)21-14-13-12(18)11(17)10(19-14)6-20-13/h2-5,10-14,17-18H,6H2,1H3,(H,15,16)/t10-,11-,12+,13+,14+/m1/s1. The van der Waals surface area contributed by atoms with Gasteiger partial charge in [0.2, 0.25) is 5.91 Å². The monoisotopic (exact) mass is 327 g/mol. The highest BCUT2D eigenvalue weighted by Crippen LogP contribution is 2.44. The average Bonchev–Trinajstić information content (AvgIpc) is 2.46. The molecule has 21 heavy (non-hydrogen) atoms. The summed E-state index contributed by atoms with van der Waals surface area (Å²) in [6.07, 6.45) is -1.82. The minimum atomic E-state index is -0.782. The smallest absolute Gasteiger partial charge is 0.221 e. The van der Waals surface area contributed by atoms with E-state index in [1.54, 1.807) is 11.8 Å². The number of amides is 1. The van der Waals surface area contributed by atoms with Crippen LogP contribution in [-0.2, 0) is 9.53 Å². The number of aliphatic hydroxyl groups excluding tert-OH is 2. The van der Waals surface area contributed by atoms with Gasteiger partial charge in [0.15, 0.2) is 0 Å². The van der Waals surface area contributed by atoms with Gasteiger partial charge in [-0.1, -0.05) is 11.8 Å². The molecule has 3 N–H and O–H groups in total. The van der Waals surface area contributed by atoms with Crippen LogP contribution in [-0.4, -0.2) is 50.9 Å². The summed E-state index contributed by atoms with van der Waals surface area (Å²) in [6, 6.07) is 7.50. The summed E-state index contributed by atoms with van der Waals surface area (Å²) < 4.78 is 5.83. The second-order valence-corrected chi connectivity index (χ2v) is 7.53. The maximum Gasteiger partial charge on any atom is 0.221 e. The minimum Gasteiger partial charge on any atom is -0.389 e. The highest BCUT2D eigenvalue weighted by molar-refractivity contribution is 8.03. The Kier molecular flexibility index (Phi) is 4.46. The summed E-state index contributed by atoms with van der Waals surface area (Å²) in [6.45, 7) is 1.47. The van der Waals surface area contributed by atoms with Gasteiger partial charge in [-0.15, -0.1) is 11.8 Å². The van der Waals surface area contributed by atoms with Crippen LogP contribution in [0, 0.1) is 0 Å². The van der Waals surface area contributed by atoms with Gasteiger partial charge < -0.3 is 20.3 Å². The molecule has 1 aromatic rings. The molecule has 1 aromatic carbocycles. The van der Waals surface area contributed by atoms with E-state index in [0.29, 0.717) is 0 Å². The number of ether oxygens (including phenoxy) is 1. The minimum absolute atomic E-state index is 0.100. The second kappa shape index (κ2) is 6.18. The lowest BCUT2D eigenvalue weighted by Crippen LogP contribution is -2.60. The summed E-state index contributed by atoms with van der Waals surface area (Å²) in [7, 11) is 0. The predicted octanol–water partition coefficient (Wildman–Crippen LogP) is 1.30. The van der Waals surface area contributed by atoms with Gasteiger partial charge in [-0.2, -0.15) is 0 Å². The Hall–Kier alpha value is -0.730. The van der Waals surface area contributed by atoms with Gasteiger partial charge in [0, 0.05) is 23.3 Å². The molecule has 3 saturated heterocycles. The van der Waals surface area contributed by atoms with Crippen molar-refractivity contribution in [1.82, 2.24) is 0 Å². The van der Waals surface area contributed by atoms with Gasteiger partial charge in [-0.25, -0.2) is 0 Å². The van der Waals surface area contributed by atoms with Crippen molar-refractivity contribution >= 4 is 35.1 Å². The topological polar surface area (TPSA) is 78.8 Å². The van der Waals surface area contributed by atoms with Crippen molar-refractivity contribution in [2.45, 2.75) is 40.8 Å². The molecule has 3 aliphatic rings. The first-order valence-corrected chi connectivity index (χ1v) is 8.65. The second-order valence-electron chi connectivity index (χ2n) is 5.15. The lowest BCUT2D eigenvalue weighted by molar-refractivity contribution is -0.138. The fourth-order valence-electron chi connectivity index (χ4n) is 2.48. The van der Waals surface area contributed by atoms with E-state index in [2.05, 4.69) is 5.32 Å². The highest BCUT2D eigenvalue weighted by atomic mass is 32.2. The Morgan fingerprint density at radius 1 is 1.33 bits per heavy atom. The molecule has 7 heteroatoms. The fourth-order valence-corrected chi connectivity index (χ4v) is 5.20. The summed E-state index contributed by atoms with van der Waals surface area (Å²) in [5.41, 5.74) is 0.585. The zero-order chi connectivity index (χ0) is 15.0. The Bertz CT molecular complexity index is 522. The van der Waals surface area contributed by atoms with Crippen LogP contribution in [0.5, 0.6) is 0 Å². The predicted molar refractivity (Wildman–Crippen MR) is 83.5 cm³/mol. The fraction of sp³-hybridized carbons (Fsp3) is 0.500. The van der Waals surface area contributed by atoms with Gasteiger partial charge in [0.05, 0.1) is 17.5 Å². The molecule has 3 fully saturated rings. The molecule has 1 amide bonds. The third kappa shape index (κ3) is 3.22. The number of carbonyl (C=O) groups excluding carboxylic acids is 1. The molecule has 0 unspecified atom stereocenters. The number of thioether (sulfide) groups is 2. The SMILES string of the molecule is CC(=O)Nc1ccc(S[C@@H]2O[C@@H]3CS[C@H]2[C@@H](O)[C@@H]3O)cc1. The number of fused-ring (bicyclic) bond motifs is 3. The van der Waals surface area contributed by atoms with Gasteiger partial charge in [-0.05, 0) is 24.3 Å². The average molecular weight is 327 g/mol. The molecule has 4 rings (SSSR count). The Labute approximate surface area is 131 Å². The Morgan fingerprint density at radius 3 is 2.67 bits per heavy atom. The summed E-state index contributed by atoms with van der Waals surface area (Å²) >= 11 is 3.19. The molecular formula is C14H17NO4S2. The Morgan fingerprint density at radius 2 is 2.05 bits per heavy atom. The number of anilines is 1. The van der Waals surface area contributed by atoms with E-state index in [1.807, 2.05) is 24.3 Å². The van der Waals surface area contributed by atoms with E-state index >= 15 is 0 Å². The molecule has 0 radical (unpaired) electrons. The molecule has 2 bridgehead atoms. The van der Waals surface area contributed by atoms with Crippen molar-refractivity contribution in [3.8, 4) is 0 Å². The first-order chi connectivity index (χ1) is 10.0. The van der Waals surface area contributed by atoms with Crippen molar-refractivity contribution in [2.75, 3.05) is 11.1 Å². The number of carbonyl (C=O) groups is 1. The van der Waals surface area contributed by atoms with Crippen molar-refractivity contribution in [3.63, 3.8) is 0 Å². The van der Waals surface area contributed by atoms with Gasteiger partial charge >= 0.3 is 0 Å². The summed E-state index contributed by atoms with van der Waals surface area (Å²) in [5.74, 6) is 0.623. The van der Waals surface area contributed by atoms with Gasteiger partial charge in [0.1, 0.15) is 11.5 Å². The quantitative estimate of drug-likeness (QED) is 0.777. The van der Waals surface area contributed by atoms with Crippen LogP contribution >= 0.6 is 23.5 Å². The van der Waals surface area contributed by atoms with Crippen LogP contribution in [0.15, 0.2) is 29.2 Å². The molecule has 114 valence electrons. The molecule has 0 aliphatic carbocycles. The highest BCUT2D eigenvalue weighted by Gasteiger charge is 2.49. The van der Waals surface area contributed by atoms with Crippen molar-refractivity contribution in [1.29, 1.82) is 0 Å². The number of benzene rings is 1. The number of hydrogen-bond acceptors (Lipinski definition) is 6. The maximum atomic E-state index is 11.0. The molecule has 5 atom stereocenters. The van der Waals surface area contributed by atoms with Crippen LogP contribution < -0.4 is 5.32 Å². The van der Waals surface area contributed by atoms with Crippen LogP contribution in [0.25, 0.3) is 0 Å². The lowest BCUT2D eigenvalue weighted by atomic mass is 10.0. The molecule has 0 aromatic heterocycles. The van der Waals surface area contributed by atoms with E-state index in [-0.39, 0.29) is 22.7 Å². The zero-order valence-corrected chi connectivity index (χ0v) is 13.1. The van der Waals surface area contributed by atoms with Crippen molar-refractivity contribution in [3.05, 3.63) is 24.3 Å². The van der Waals surface area contributed by atoms with E-state index < -0.39 is 12.2 Å². The van der Waals surface area contributed by atoms with E-state index in [4.69, 9.17) is 4.74 Å². The van der Waals surface area contributed by atoms with E-state index in [0.717, 1.165) is 16.3 Å². The van der Waals surface area contributed by atoms with Crippen LogP contribution in [0.3, 0.4) is 0 Å². The third-order valence-electron chi connectivity index (χ3n) is 3.52. The first-order valence-electron chi connectivity index (χ1n) is 6.72. The maximum absolute atomic E-state index is 11.0. The summed E-state index contributed by atoms with van der Waals surface area (Å²) in [4.78, 5) is 12.0. The van der Waals surface area contributed by atoms with Crippen molar-refractivity contribution < 1.29 is 19.7 Å². The van der Waals surface area contributed by atoms with Crippen LogP contribution in [0.1, 0.15) is 6.92 Å². The van der Waals surface area contributed by atoms with Gasteiger partial charge in [-0.3, -0.25) is 4.79 Å². The van der Waals surface area contributed by atoms with Gasteiger partial charge in [0.25, 0.3) is 0 Å². The van der Waals surface area contributed by atoms with E-state index in [1.165, 1.54) is 18.7 Å². The number of aliphatic hydroxyl groups is 2. The Balaban J connectivity index is 1.66. The normalized spacial score (nSPS) is 34.7. The molecular weight excluding hydrogens is 310 g/mol. The number of nitrogens with one attached hydrogen (secondary N) is 1. The first kappa shape index (κ1) is 15.2. The lowest BCUT2D eigenvalue weighted by Gasteiger charge is -2.47. The van der Waals surface area contributed by atoms with Crippen LogP contribution in [0.4, 0.5) is 5.69 Å². The molecule has 0 saturated carbocycles. The zero-order valence-electron chi connectivity index (χ0n) is 11.4. The molecule has 5 nitrogen and oxygen atoms in total.